The van der Waals surface area contributed by atoms with E-state index in [0.717, 1.165) is 28.2 Å². The molecule has 2 aromatic rings. The summed E-state index contributed by atoms with van der Waals surface area (Å²) < 4.78 is 0. The van der Waals surface area contributed by atoms with Crippen molar-refractivity contribution in [3.05, 3.63) is 82.3 Å². The molecule has 0 bridgehead atoms. The van der Waals surface area contributed by atoms with E-state index in [-0.39, 0.29) is 11.2 Å². The maximum absolute atomic E-state index is 13.6. The lowest BCUT2D eigenvalue weighted by Crippen LogP contribution is -2.42. The SMILES string of the molecule is CN(C)c1ccc([C@H]2C(C#N)=C3N=C(N)c4ccccc4N3C3=C2C(=O)CC(C)(C)C3)cc1. The Hall–Kier alpha value is -3.85. The molecule has 6 heteroatoms. The highest BCUT2D eigenvalue weighted by atomic mass is 16.1. The molecule has 5 rings (SSSR count). The van der Waals surface area contributed by atoms with E-state index in [9.17, 15) is 10.1 Å². The Balaban J connectivity index is 1.80. The first-order valence-corrected chi connectivity index (χ1v) is 11.1. The molecular formula is C27H27N5O. The van der Waals surface area contributed by atoms with E-state index < -0.39 is 5.92 Å². The van der Waals surface area contributed by atoms with Crippen LogP contribution in [0.2, 0.25) is 0 Å². The van der Waals surface area contributed by atoms with Crippen LogP contribution in [-0.4, -0.2) is 25.7 Å². The maximum atomic E-state index is 13.6. The molecule has 0 radical (unpaired) electrons. The van der Waals surface area contributed by atoms with E-state index in [2.05, 4.69) is 19.9 Å². The molecule has 1 aliphatic carbocycles. The summed E-state index contributed by atoms with van der Waals surface area (Å²) in [7, 11) is 3.97. The fourth-order valence-corrected chi connectivity index (χ4v) is 5.19. The highest BCUT2D eigenvalue weighted by Gasteiger charge is 2.46. The average molecular weight is 438 g/mol. The third kappa shape index (κ3) is 3.23. The van der Waals surface area contributed by atoms with Crippen LogP contribution >= 0.6 is 0 Å². The number of aliphatic imine (C=N–C) groups is 1. The molecule has 6 nitrogen and oxygen atoms in total. The Bertz CT molecular complexity index is 1300. The summed E-state index contributed by atoms with van der Waals surface area (Å²) in [6, 6.07) is 18.2. The summed E-state index contributed by atoms with van der Waals surface area (Å²) in [5.74, 6) is 0.545. The number of ketones is 1. The van der Waals surface area contributed by atoms with Gasteiger partial charge in [0.25, 0.3) is 0 Å². The molecule has 0 amide bonds. The maximum Gasteiger partial charge on any atom is 0.162 e. The molecule has 2 aromatic carbocycles. The van der Waals surface area contributed by atoms with E-state index >= 15 is 0 Å². The summed E-state index contributed by atoms with van der Waals surface area (Å²) >= 11 is 0. The van der Waals surface area contributed by atoms with Gasteiger partial charge in [0, 0.05) is 43.0 Å². The number of para-hydroxylation sites is 1. The number of Topliss-reactive ketones (excluding diaryl/α,β-unsaturated/α-hetero) is 1. The van der Waals surface area contributed by atoms with E-state index in [1.165, 1.54) is 0 Å². The molecule has 2 N–H and O–H groups in total. The van der Waals surface area contributed by atoms with Gasteiger partial charge in [-0.15, -0.1) is 0 Å². The second-order valence-electron chi connectivity index (χ2n) is 9.92. The lowest BCUT2D eigenvalue weighted by atomic mass is 9.68. The number of carbonyl (C=O) groups excluding carboxylic acids is 1. The van der Waals surface area contributed by atoms with Crippen LogP contribution in [0.4, 0.5) is 11.4 Å². The standard InChI is InChI=1S/C27H27N5O/c1-27(2)13-21-24(22(33)14-27)23(16-9-11-17(12-10-16)31(3)4)19(15-28)26-30-25(29)18-7-5-6-8-20(18)32(21)26/h5-12,23H,13-14H2,1-4H3,(H2,29,30)/t23-/m0/s1. The Kier molecular flexibility index (Phi) is 4.68. The van der Waals surface area contributed by atoms with Crippen LogP contribution in [0.15, 0.2) is 76.2 Å². The largest absolute Gasteiger partial charge is 0.383 e. The van der Waals surface area contributed by atoms with Gasteiger partial charge in [-0.05, 0) is 41.7 Å². The van der Waals surface area contributed by atoms with Crippen LogP contribution in [0.1, 0.15) is 43.7 Å². The number of hydrogen-bond donors (Lipinski definition) is 1. The Morgan fingerprint density at radius 1 is 1.12 bits per heavy atom. The molecule has 166 valence electrons. The van der Waals surface area contributed by atoms with Gasteiger partial charge in [-0.2, -0.15) is 5.26 Å². The number of nitrogens with zero attached hydrogens (tertiary/aromatic N) is 4. The number of anilines is 2. The third-order valence-corrected chi connectivity index (χ3v) is 6.71. The topological polar surface area (TPSA) is 85.7 Å². The number of fused-ring (bicyclic) bond motifs is 4. The van der Waals surface area contributed by atoms with Crippen molar-refractivity contribution >= 4 is 23.0 Å². The molecule has 0 aromatic heterocycles. The molecular weight excluding hydrogens is 410 g/mol. The minimum absolute atomic E-state index is 0.0924. The van der Waals surface area contributed by atoms with E-state index in [1.54, 1.807) is 0 Å². The average Bonchev–Trinajstić information content (AvgIpc) is 2.77. The summed E-state index contributed by atoms with van der Waals surface area (Å²) in [5.41, 5.74) is 11.9. The number of hydrogen-bond acceptors (Lipinski definition) is 6. The van der Waals surface area contributed by atoms with Gasteiger partial charge in [0.2, 0.25) is 0 Å². The first-order chi connectivity index (χ1) is 15.7. The van der Waals surface area contributed by atoms with Gasteiger partial charge in [-0.1, -0.05) is 38.1 Å². The normalized spacial score (nSPS) is 21.1. The van der Waals surface area contributed by atoms with Gasteiger partial charge < -0.3 is 10.6 Å². The molecule has 0 unspecified atom stereocenters. The zero-order valence-corrected chi connectivity index (χ0v) is 19.4. The summed E-state index contributed by atoms with van der Waals surface area (Å²) in [5, 5.41) is 10.3. The van der Waals surface area contributed by atoms with Gasteiger partial charge in [0.1, 0.15) is 5.84 Å². The lowest BCUT2D eigenvalue weighted by Gasteiger charge is -2.45. The van der Waals surface area contributed by atoms with Crippen molar-refractivity contribution in [1.82, 2.24) is 0 Å². The summed E-state index contributed by atoms with van der Waals surface area (Å²) in [6.45, 7) is 4.23. The zero-order valence-electron chi connectivity index (χ0n) is 19.4. The summed E-state index contributed by atoms with van der Waals surface area (Å²) in [6.07, 6.45) is 1.17. The second-order valence-corrected chi connectivity index (χ2v) is 9.92. The lowest BCUT2D eigenvalue weighted by molar-refractivity contribution is -0.118. The van der Waals surface area contributed by atoms with Crippen molar-refractivity contribution in [1.29, 1.82) is 5.26 Å². The van der Waals surface area contributed by atoms with Crippen LogP contribution in [0.3, 0.4) is 0 Å². The Labute approximate surface area is 194 Å². The van der Waals surface area contributed by atoms with Gasteiger partial charge in [0.15, 0.2) is 11.6 Å². The first kappa shape index (κ1) is 21.0. The van der Waals surface area contributed by atoms with Crippen molar-refractivity contribution in [2.45, 2.75) is 32.6 Å². The van der Waals surface area contributed by atoms with Crippen molar-refractivity contribution in [2.75, 3.05) is 23.9 Å². The number of allylic oxidation sites excluding steroid dienone is 3. The first-order valence-electron chi connectivity index (χ1n) is 11.1. The van der Waals surface area contributed by atoms with Crippen LogP contribution < -0.4 is 15.5 Å². The number of nitriles is 1. The Morgan fingerprint density at radius 2 is 1.82 bits per heavy atom. The molecule has 3 aliphatic rings. The molecule has 1 atom stereocenters. The summed E-state index contributed by atoms with van der Waals surface area (Å²) in [4.78, 5) is 22.4. The highest BCUT2D eigenvalue weighted by molar-refractivity contribution is 6.08. The third-order valence-electron chi connectivity index (χ3n) is 6.71. The monoisotopic (exact) mass is 437 g/mol. The minimum atomic E-state index is -0.460. The van der Waals surface area contributed by atoms with Crippen molar-refractivity contribution in [3.63, 3.8) is 0 Å². The van der Waals surface area contributed by atoms with Gasteiger partial charge >= 0.3 is 0 Å². The van der Waals surface area contributed by atoms with Gasteiger partial charge in [0.05, 0.1) is 23.2 Å². The van der Waals surface area contributed by atoms with Crippen molar-refractivity contribution in [3.8, 4) is 6.07 Å². The molecule has 2 heterocycles. The molecule has 0 spiro atoms. The van der Waals surface area contributed by atoms with Crippen LogP contribution in [0.25, 0.3) is 0 Å². The number of rotatable bonds is 2. The Morgan fingerprint density at radius 3 is 2.48 bits per heavy atom. The zero-order chi connectivity index (χ0) is 23.5. The molecule has 33 heavy (non-hydrogen) atoms. The molecule has 0 fully saturated rings. The smallest absolute Gasteiger partial charge is 0.162 e. The van der Waals surface area contributed by atoms with Crippen molar-refractivity contribution < 1.29 is 4.79 Å². The molecule has 0 saturated heterocycles. The second kappa shape index (κ2) is 7.35. The fourth-order valence-electron chi connectivity index (χ4n) is 5.19. The fraction of sp³-hybridized carbons (Fsp3) is 0.296. The predicted octanol–water partition coefficient (Wildman–Crippen LogP) is 4.45. The van der Waals surface area contributed by atoms with Gasteiger partial charge in [-0.3, -0.25) is 9.69 Å². The highest BCUT2D eigenvalue weighted by Crippen LogP contribution is 2.52. The number of benzene rings is 2. The van der Waals surface area contributed by atoms with Gasteiger partial charge in [-0.25, -0.2) is 4.99 Å². The van der Waals surface area contributed by atoms with E-state index in [1.807, 2.05) is 72.4 Å². The van der Waals surface area contributed by atoms with E-state index in [0.29, 0.717) is 35.6 Å². The van der Waals surface area contributed by atoms with Crippen LogP contribution in [0, 0.1) is 16.7 Å². The van der Waals surface area contributed by atoms with Crippen LogP contribution in [0.5, 0.6) is 0 Å². The number of amidine groups is 1. The minimum Gasteiger partial charge on any atom is -0.383 e. The quantitative estimate of drug-likeness (QED) is 0.750. The molecule has 2 aliphatic heterocycles. The van der Waals surface area contributed by atoms with Crippen molar-refractivity contribution in [2.24, 2.45) is 16.1 Å². The predicted molar refractivity (Wildman–Crippen MR) is 131 cm³/mol. The number of carbonyl (C=O) groups is 1. The molecule has 0 saturated carbocycles. The van der Waals surface area contributed by atoms with Crippen LogP contribution in [-0.2, 0) is 4.79 Å². The number of nitrogens with two attached hydrogens (primary N) is 1. The van der Waals surface area contributed by atoms with E-state index in [4.69, 9.17) is 10.7 Å².